The van der Waals surface area contributed by atoms with Gasteiger partial charge in [-0.3, -0.25) is 9.13 Å². The molecular weight excluding hydrogens is 474 g/mol. The molecule has 11 heteroatoms. The molecule has 0 fully saturated rings. The van der Waals surface area contributed by atoms with Crippen molar-refractivity contribution >= 4 is 36.2 Å². The summed E-state index contributed by atoms with van der Waals surface area (Å²) in [5, 5.41) is 0.670. The molecule has 8 nitrogen and oxygen atoms in total. The molecular formula is C17H23BrO8P2. The summed E-state index contributed by atoms with van der Waals surface area (Å²) in [5.41, 5.74) is 0.574. The molecule has 2 rings (SSSR count). The van der Waals surface area contributed by atoms with E-state index in [0.29, 0.717) is 22.0 Å². The Labute approximate surface area is 171 Å². The highest BCUT2D eigenvalue weighted by Gasteiger charge is 2.38. The first-order chi connectivity index (χ1) is 13.3. The van der Waals surface area contributed by atoms with Gasteiger partial charge in [0.25, 0.3) is 0 Å². The normalized spacial score (nSPS) is 14.1. The summed E-state index contributed by atoms with van der Waals surface area (Å²) in [6.45, 7) is 5.57. The van der Waals surface area contributed by atoms with Gasteiger partial charge in [-0.1, -0.05) is 28.1 Å². The lowest BCUT2D eigenvalue weighted by Gasteiger charge is -2.23. The van der Waals surface area contributed by atoms with Crippen LogP contribution < -0.4 is 11.1 Å². The fourth-order valence-corrected chi connectivity index (χ4v) is 8.46. The molecule has 1 aromatic carbocycles. The summed E-state index contributed by atoms with van der Waals surface area (Å²) in [4.78, 5) is 11.4. The van der Waals surface area contributed by atoms with Gasteiger partial charge in [0.15, 0.2) is 11.5 Å². The molecule has 1 heterocycles. The van der Waals surface area contributed by atoms with E-state index in [-0.39, 0.29) is 31.5 Å². The van der Waals surface area contributed by atoms with Crippen molar-refractivity contribution in [1.29, 1.82) is 0 Å². The maximum absolute atomic E-state index is 13.5. The van der Waals surface area contributed by atoms with Crippen molar-refractivity contribution in [3.05, 3.63) is 40.6 Å². The summed E-state index contributed by atoms with van der Waals surface area (Å²) in [5.74, 6) is -0.526. The van der Waals surface area contributed by atoms with E-state index >= 15 is 0 Å². The van der Waals surface area contributed by atoms with Gasteiger partial charge in [0.05, 0.1) is 25.2 Å². The average Bonchev–Trinajstić information content (AvgIpc) is 3.03. The Balaban J connectivity index is 2.39. The van der Waals surface area contributed by atoms with Gasteiger partial charge in [0.2, 0.25) is 7.37 Å². The molecule has 0 saturated heterocycles. The summed E-state index contributed by atoms with van der Waals surface area (Å²) in [6.07, 6.45) is 0. The second kappa shape index (κ2) is 10.2. The van der Waals surface area contributed by atoms with Crippen molar-refractivity contribution in [3.8, 4) is 11.3 Å². The zero-order chi connectivity index (χ0) is 20.8. The highest BCUT2D eigenvalue weighted by Crippen LogP contribution is 2.62. The third kappa shape index (κ3) is 5.56. The Bertz CT molecular complexity index is 908. The van der Waals surface area contributed by atoms with E-state index in [0.717, 1.165) is 0 Å². The van der Waals surface area contributed by atoms with Crippen LogP contribution >= 0.6 is 30.9 Å². The van der Waals surface area contributed by atoms with Gasteiger partial charge >= 0.3 is 13.4 Å². The molecule has 0 amide bonds. The second-order valence-corrected chi connectivity index (χ2v) is 11.1. The molecule has 2 aromatic rings. The predicted octanol–water partition coefficient (Wildman–Crippen LogP) is 4.96. The van der Waals surface area contributed by atoms with Crippen LogP contribution in [0.4, 0.5) is 0 Å². The third-order valence-corrected chi connectivity index (χ3v) is 10.1. The van der Waals surface area contributed by atoms with Crippen molar-refractivity contribution in [2.75, 3.05) is 25.7 Å². The molecule has 1 aromatic heterocycles. The largest absolute Gasteiger partial charge is 0.519 e. The smallest absolute Gasteiger partial charge is 0.394 e. The molecule has 28 heavy (non-hydrogen) atoms. The first kappa shape index (κ1) is 23.3. The summed E-state index contributed by atoms with van der Waals surface area (Å²) < 4.78 is 52.5. The molecule has 0 spiro atoms. The van der Waals surface area contributed by atoms with E-state index in [2.05, 4.69) is 15.9 Å². The number of hydrogen-bond acceptors (Lipinski definition) is 8. The second-order valence-electron chi connectivity index (χ2n) is 5.57. The van der Waals surface area contributed by atoms with Crippen molar-refractivity contribution in [3.63, 3.8) is 0 Å². The lowest BCUT2D eigenvalue weighted by atomic mass is 10.1. The fraction of sp³-hybridized carbons (Fsp3) is 0.471. The first-order valence-electron chi connectivity index (χ1n) is 8.72. The summed E-state index contributed by atoms with van der Waals surface area (Å²) >= 11 is 3.23. The zero-order valence-corrected chi connectivity index (χ0v) is 19.3. The van der Waals surface area contributed by atoms with Crippen molar-refractivity contribution in [1.82, 2.24) is 0 Å². The van der Waals surface area contributed by atoms with E-state index < -0.39 is 20.8 Å². The number of alkyl halides is 1. The standard InChI is InChI=1S/C17H23BrO8P2/c1-4-22-27(20,12-28(21,23-5-2)24-6-3)14-9-7-13(8-10-14)16-15(11-18)25-17(19)26-16/h7-10H,4-6,11-12H2,1-3H3. The van der Waals surface area contributed by atoms with Gasteiger partial charge in [-0.25, -0.2) is 4.79 Å². The van der Waals surface area contributed by atoms with Gasteiger partial charge in [-0.15, -0.1) is 0 Å². The quantitative estimate of drug-likeness (QED) is 0.317. The van der Waals surface area contributed by atoms with Crippen molar-refractivity contribution in [2.24, 2.45) is 0 Å². The Morgan fingerprint density at radius 1 is 0.929 bits per heavy atom. The van der Waals surface area contributed by atoms with Crippen LogP contribution in [0.15, 0.2) is 37.9 Å². The van der Waals surface area contributed by atoms with Crippen molar-refractivity contribution < 1.29 is 31.5 Å². The topological polar surface area (TPSA) is 105 Å². The lowest BCUT2D eigenvalue weighted by molar-refractivity contribution is 0.222. The average molecular weight is 497 g/mol. The van der Waals surface area contributed by atoms with Gasteiger partial charge < -0.3 is 22.4 Å². The zero-order valence-electron chi connectivity index (χ0n) is 15.9. The van der Waals surface area contributed by atoms with E-state index in [1.165, 1.54) is 0 Å². The highest BCUT2D eigenvalue weighted by molar-refractivity contribution is 9.08. The van der Waals surface area contributed by atoms with Crippen LogP contribution in [0.25, 0.3) is 11.3 Å². The molecule has 1 unspecified atom stereocenters. The Morgan fingerprint density at radius 2 is 1.50 bits per heavy atom. The molecule has 0 saturated carbocycles. The maximum Gasteiger partial charge on any atom is 0.519 e. The van der Waals surface area contributed by atoms with Crippen LogP contribution in [0, 0.1) is 0 Å². The number of benzene rings is 1. The molecule has 0 bridgehead atoms. The van der Waals surface area contributed by atoms with Crippen molar-refractivity contribution in [2.45, 2.75) is 26.1 Å². The van der Waals surface area contributed by atoms with E-state index in [1.54, 1.807) is 45.0 Å². The molecule has 0 aliphatic carbocycles. The van der Waals surface area contributed by atoms with Gasteiger partial charge in [-0.05, 0) is 32.9 Å². The lowest BCUT2D eigenvalue weighted by Crippen LogP contribution is -2.13. The van der Waals surface area contributed by atoms with Gasteiger partial charge in [-0.2, -0.15) is 0 Å². The predicted molar refractivity (Wildman–Crippen MR) is 110 cm³/mol. The Kier molecular flexibility index (Phi) is 8.49. The maximum atomic E-state index is 13.5. The molecule has 0 N–H and O–H groups in total. The molecule has 0 aliphatic heterocycles. The molecule has 0 aliphatic rings. The third-order valence-electron chi connectivity index (χ3n) is 3.64. The first-order valence-corrected chi connectivity index (χ1v) is 13.4. The van der Waals surface area contributed by atoms with Crippen LogP contribution in [-0.2, 0) is 28.0 Å². The monoisotopic (exact) mass is 496 g/mol. The Morgan fingerprint density at radius 3 is 2.00 bits per heavy atom. The van der Waals surface area contributed by atoms with E-state index in [9.17, 15) is 13.9 Å². The van der Waals surface area contributed by atoms with Crippen LogP contribution in [-0.4, -0.2) is 25.7 Å². The SMILES string of the molecule is CCOP(=O)(CP(=O)(OCC)c1ccc(-c2oc(=O)oc2CBr)cc1)OCC. The molecule has 156 valence electrons. The minimum absolute atomic E-state index is 0.164. The van der Waals surface area contributed by atoms with Gasteiger partial charge in [0, 0.05) is 10.9 Å². The number of rotatable bonds is 11. The Hall–Kier alpha value is -0.950. The van der Waals surface area contributed by atoms with Crippen LogP contribution in [0.2, 0.25) is 0 Å². The fourth-order valence-electron chi connectivity index (χ4n) is 2.60. The number of hydrogen-bond donors (Lipinski definition) is 0. The molecule has 1 atom stereocenters. The highest BCUT2D eigenvalue weighted by atomic mass is 79.9. The van der Waals surface area contributed by atoms with E-state index in [1.807, 2.05) is 0 Å². The van der Waals surface area contributed by atoms with Crippen LogP contribution in [0.1, 0.15) is 26.5 Å². The summed E-state index contributed by atoms with van der Waals surface area (Å²) in [7, 11) is -7.10. The summed E-state index contributed by atoms with van der Waals surface area (Å²) in [6, 6.07) is 6.43. The van der Waals surface area contributed by atoms with E-state index in [4.69, 9.17) is 22.4 Å². The number of halogens is 1. The molecule has 0 radical (unpaired) electrons. The van der Waals surface area contributed by atoms with Gasteiger partial charge in [0.1, 0.15) is 5.90 Å². The van der Waals surface area contributed by atoms with Crippen LogP contribution in [0.5, 0.6) is 0 Å². The van der Waals surface area contributed by atoms with Crippen LogP contribution in [0.3, 0.4) is 0 Å². The minimum atomic E-state index is -3.58. The minimum Gasteiger partial charge on any atom is -0.394 e.